The number of hydrogen-bond donors (Lipinski definition) is 0. The quantitative estimate of drug-likeness (QED) is 0.390. The van der Waals surface area contributed by atoms with Crippen molar-refractivity contribution in [1.29, 1.82) is 0 Å². The van der Waals surface area contributed by atoms with Crippen molar-refractivity contribution >= 4 is 42.4 Å². The van der Waals surface area contributed by atoms with Gasteiger partial charge in [0.25, 0.3) is 0 Å². The van der Waals surface area contributed by atoms with Gasteiger partial charge in [-0.2, -0.15) is 0 Å². The number of imidazole rings is 1. The summed E-state index contributed by atoms with van der Waals surface area (Å²) in [5, 5.41) is 0.438. The monoisotopic (exact) mass is 472 g/mol. The molecule has 0 N–H and O–H groups in total. The number of carbonyl (C=O) groups is 1. The summed E-state index contributed by atoms with van der Waals surface area (Å²) in [6.07, 6.45) is 7.13. The molecule has 0 spiro atoms. The zero-order chi connectivity index (χ0) is 22.7. The van der Waals surface area contributed by atoms with Gasteiger partial charge in [-0.25, -0.2) is 22.8 Å². The fraction of sp³-hybridized carbons (Fsp3) is 0.227. The van der Waals surface area contributed by atoms with Crippen LogP contribution in [0.1, 0.15) is 12.0 Å². The number of amides is 1. The molecule has 166 valence electrons. The molecule has 2 heterocycles. The van der Waals surface area contributed by atoms with E-state index >= 15 is 0 Å². The molecule has 0 aliphatic carbocycles. The number of aromatic nitrogens is 3. The summed E-state index contributed by atoms with van der Waals surface area (Å²) in [5.41, 5.74) is 0.937. The Labute approximate surface area is 189 Å². The Balaban J connectivity index is 1.56. The van der Waals surface area contributed by atoms with E-state index in [-0.39, 0.29) is 22.7 Å². The lowest BCUT2D eigenvalue weighted by molar-refractivity contribution is -0.118. The van der Waals surface area contributed by atoms with E-state index in [0.717, 1.165) is 6.26 Å². The molecule has 0 fully saturated rings. The molecule has 2 aromatic heterocycles. The number of nitrogens with zero attached hydrogens (tertiary/aromatic N) is 4. The highest BCUT2D eigenvalue weighted by Gasteiger charge is 2.21. The normalized spacial score (nSPS) is 11.7. The summed E-state index contributed by atoms with van der Waals surface area (Å²) < 4.78 is 40.1. The van der Waals surface area contributed by atoms with Crippen molar-refractivity contribution < 1.29 is 17.6 Å². The summed E-state index contributed by atoms with van der Waals surface area (Å²) in [6.45, 7) is 1.08. The third kappa shape index (κ3) is 5.03. The summed E-state index contributed by atoms with van der Waals surface area (Å²) in [7, 11) is -3.31. The molecule has 0 radical (unpaired) electrons. The number of anilines is 1. The number of carbonyl (C=O) groups excluding carboxylic acids is 1. The van der Waals surface area contributed by atoms with Crippen LogP contribution < -0.4 is 4.90 Å². The SMILES string of the molecule is CS(=O)(=O)c1ccc(CC(=O)N(CCCn2ccnc2)c2nc3c(F)cccc3s2)cc1. The van der Waals surface area contributed by atoms with E-state index in [4.69, 9.17) is 0 Å². The summed E-state index contributed by atoms with van der Waals surface area (Å²) >= 11 is 1.27. The van der Waals surface area contributed by atoms with Crippen LogP contribution >= 0.6 is 11.3 Å². The Kier molecular flexibility index (Phi) is 6.33. The first-order valence-corrected chi connectivity index (χ1v) is 12.6. The third-order valence-corrected chi connectivity index (χ3v) is 7.13. The van der Waals surface area contributed by atoms with Gasteiger partial charge in [0.15, 0.2) is 15.0 Å². The molecule has 2 aromatic carbocycles. The van der Waals surface area contributed by atoms with Crippen molar-refractivity contribution in [3.05, 3.63) is 72.6 Å². The summed E-state index contributed by atoms with van der Waals surface area (Å²) in [5.74, 6) is -0.616. The van der Waals surface area contributed by atoms with E-state index in [1.165, 1.54) is 29.5 Å². The number of benzene rings is 2. The number of halogens is 1. The van der Waals surface area contributed by atoms with Gasteiger partial charge in [0.2, 0.25) is 5.91 Å². The van der Waals surface area contributed by atoms with Crippen LogP contribution in [0, 0.1) is 5.82 Å². The minimum absolute atomic E-state index is 0.0769. The number of sulfone groups is 1. The standard InChI is InChI=1S/C22H21FN4O3S2/c1-32(29,30)17-8-6-16(7-9-17)14-20(28)27(12-3-11-26-13-10-24-15-26)22-25-21-18(23)4-2-5-19(21)31-22/h2,4-10,13,15H,3,11-12,14H2,1H3. The van der Waals surface area contributed by atoms with Gasteiger partial charge >= 0.3 is 0 Å². The number of hydrogen-bond acceptors (Lipinski definition) is 6. The summed E-state index contributed by atoms with van der Waals surface area (Å²) in [6, 6.07) is 11.0. The van der Waals surface area contributed by atoms with Gasteiger partial charge in [-0.3, -0.25) is 9.69 Å². The zero-order valence-electron chi connectivity index (χ0n) is 17.3. The maximum atomic E-state index is 14.2. The molecule has 0 saturated carbocycles. The zero-order valence-corrected chi connectivity index (χ0v) is 18.9. The minimum atomic E-state index is -3.31. The highest BCUT2D eigenvalue weighted by Crippen LogP contribution is 2.31. The molecule has 1 amide bonds. The van der Waals surface area contributed by atoms with Gasteiger partial charge in [-0.1, -0.05) is 29.5 Å². The Hall–Kier alpha value is -3.11. The van der Waals surface area contributed by atoms with Crippen LogP contribution in [0.2, 0.25) is 0 Å². The smallest absolute Gasteiger partial charge is 0.233 e. The predicted octanol–water partition coefficient (Wildman–Crippen LogP) is 3.70. The Morgan fingerprint density at radius 1 is 1.19 bits per heavy atom. The second-order valence-corrected chi connectivity index (χ2v) is 10.4. The molecular weight excluding hydrogens is 451 g/mol. The molecule has 0 atom stereocenters. The van der Waals surface area contributed by atoms with Gasteiger partial charge in [0.05, 0.1) is 22.3 Å². The van der Waals surface area contributed by atoms with Crippen molar-refractivity contribution in [2.24, 2.45) is 0 Å². The lowest BCUT2D eigenvalue weighted by atomic mass is 10.1. The van der Waals surface area contributed by atoms with E-state index in [1.807, 2.05) is 10.8 Å². The van der Waals surface area contributed by atoms with E-state index in [2.05, 4.69) is 9.97 Å². The fourth-order valence-corrected chi connectivity index (χ4v) is 4.95. The van der Waals surface area contributed by atoms with Gasteiger partial charge in [-0.05, 0) is 36.2 Å². The Morgan fingerprint density at radius 2 is 1.97 bits per heavy atom. The Bertz CT molecular complexity index is 1330. The molecular formula is C22H21FN4O3S2. The first-order valence-electron chi connectivity index (χ1n) is 9.91. The second-order valence-electron chi connectivity index (χ2n) is 7.38. The van der Waals surface area contributed by atoms with Crippen LogP contribution in [-0.4, -0.2) is 41.7 Å². The van der Waals surface area contributed by atoms with Crippen molar-refractivity contribution in [2.75, 3.05) is 17.7 Å². The third-order valence-electron chi connectivity index (χ3n) is 4.95. The molecule has 0 bridgehead atoms. The number of aryl methyl sites for hydroxylation is 1. The van der Waals surface area contributed by atoms with E-state index < -0.39 is 15.7 Å². The van der Waals surface area contributed by atoms with Crippen molar-refractivity contribution in [2.45, 2.75) is 24.3 Å². The van der Waals surface area contributed by atoms with Crippen LogP contribution in [0.15, 0.2) is 66.1 Å². The van der Waals surface area contributed by atoms with E-state index in [9.17, 15) is 17.6 Å². The molecule has 4 rings (SSSR count). The Morgan fingerprint density at radius 3 is 2.62 bits per heavy atom. The molecule has 0 aliphatic heterocycles. The van der Waals surface area contributed by atoms with Crippen LogP contribution in [0.5, 0.6) is 0 Å². The molecule has 4 aromatic rings. The number of thiazole rings is 1. The molecule has 32 heavy (non-hydrogen) atoms. The van der Waals surface area contributed by atoms with Gasteiger partial charge < -0.3 is 4.57 Å². The largest absolute Gasteiger partial charge is 0.337 e. The number of fused-ring (bicyclic) bond motifs is 1. The van der Waals surface area contributed by atoms with Crippen LogP contribution in [0.4, 0.5) is 9.52 Å². The fourth-order valence-electron chi connectivity index (χ4n) is 3.30. The highest BCUT2D eigenvalue weighted by atomic mass is 32.2. The first kappa shape index (κ1) is 22.1. The first-order chi connectivity index (χ1) is 15.3. The minimum Gasteiger partial charge on any atom is -0.337 e. The van der Waals surface area contributed by atoms with Crippen LogP contribution in [0.25, 0.3) is 10.2 Å². The molecule has 0 unspecified atom stereocenters. The lowest BCUT2D eigenvalue weighted by Gasteiger charge is -2.20. The predicted molar refractivity (Wildman–Crippen MR) is 122 cm³/mol. The average molecular weight is 473 g/mol. The van der Waals surface area contributed by atoms with Crippen LogP contribution in [-0.2, 0) is 27.6 Å². The van der Waals surface area contributed by atoms with Gasteiger partial charge in [0.1, 0.15) is 11.3 Å². The number of para-hydroxylation sites is 1. The topological polar surface area (TPSA) is 85.2 Å². The van der Waals surface area contributed by atoms with Crippen molar-refractivity contribution in [3.63, 3.8) is 0 Å². The van der Waals surface area contributed by atoms with Gasteiger partial charge in [0, 0.05) is 31.7 Å². The molecule has 7 nitrogen and oxygen atoms in total. The molecule has 0 aliphatic rings. The van der Waals surface area contributed by atoms with Crippen molar-refractivity contribution in [1.82, 2.24) is 14.5 Å². The van der Waals surface area contributed by atoms with Crippen molar-refractivity contribution in [3.8, 4) is 0 Å². The number of rotatable bonds is 8. The second kappa shape index (κ2) is 9.17. The maximum absolute atomic E-state index is 14.2. The highest BCUT2D eigenvalue weighted by molar-refractivity contribution is 7.90. The molecule has 0 saturated heterocycles. The van der Waals surface area contributed by atoms with Crippen LogP contribution in [0.3, 0.4) is 0 Å². The molecule has 10 heteroatoms. The van der Waals surface area contributed by atoms with Gasteiger partial charge in [-0.15, -0.1) is 0 Å². The average Bonchev–Trinajstić information content (AvgIpc) is 3.41. The lowest BCUT2D eigenvalue weighted by Crippen LogP contribution is -2.33. The maximum Gasteiger partial charge on any atom is 0.233 e. The van der Waals surface area contributed by atoms with E-state index in [0.29, 0.717) is 34.9 Å². The summed E-state index contributed by atoms with van der Waals surface area (Å²) in [4.78, 5) is 23.4. The van der Waals surface area contributed by atoms with E-state index in [1.54, 1.807) is 41.7 Å².